The van der Waals surface area contributed by atoms with Crippen LogP contribution in [0.3, 0.4) is 0 Å². The average molecular weight is 230 g/mol. The van der Waals surface area contributed by atoms with E-state index in [9.17, 15) is 9.59 Å². The van der Waals surface area contributed by atoms with Gasteiger partial charge in [-0.2, -0.15) is 0 Å². The molecule has 0 aliphatic rings. The largest absolute Gasteiger partial charge is 0.481 e. The van der Waals surface area contributed by atoms with Crippen LogP contribution in [0.25, 0.3) is 0 Å². The second-order valence-electron chi connectivity index (χ2n) is 3.88. The minimum atomic E-state index is -0.868. The van der Waals surface area contributed by atoms with Crippen LogP contribution in [0.5, 0.6) is 0 Å². The molecule has 0 atom stereocenters. The second kappa shape index (κ2) is 10.5. The zero-order chi connectivity index (χ0) is 12.2. The Balaban J connectivity index is 3.20. The fraction of sp³-hybridized carbons (Fsp3) is 0.833. The van der Waals surface area contributed by atoms with Crippen molar-refractivity contribution in [1.29, 1.82) is 0 Å². The Labute approximate surface area is 97.0 Å². The zero-order valence-corrected chi connectivity index (χ0v) is 10.0. The van der Waals surface area contributed by atoms with Gasteiger partial charge in [-0.05, 0) is 12.8 Å². The summed E-state index contributed by atoms with van der Waals surface area (Å²) in [6, 6.07) is 0. The van der Waals surface area contributed by atoms with Crippen molar-refractivity contribution in [3.63, 3.8) is 0 Å². The summed E-state index contributed by atoms with van der Waals surface area (Å²) in [5, 5.41) is 8.37. The molecule has 94 valence electrons. The Morgan fingerprint density at radius 2 is 1.69 bits per heavy atom. The van der Waals surface area contributed by atoms with Gasteiger partial charge in [0, 0.05) is 12.8 Å². The van der Waals surface area contributed by atoms with Crippen LogP contribution in [0, 0.1) is 0 Å². The second-order valence-corrected chi connectivity index (χ2v) is 3.88. The standard InChI is InChI=1S/C12H22O4/c1-2-3-4-5-6-10-16-12(15)9-7-8-11(13)14/h2-10H2,1H3,(H,13,14). The van der Waals surface area contributed by atoms with Crippen LogP contribution in [0.2, 0.25) is 0 Å². The third kappa shape index (κ3) is 11.0. The normalized spacial score (nSPS) is 10.1. The van der Waals surface area contributed by atoms with Crippen molar-refractivity contribution in [3.05, 3.63) is 0 Å². The molecule has 16 heavy (non-hydrogen) atoms. The van der Waals surface area contributed by atoms with Gasteiger partial charge in [-0.1, -0.05) is 32.6 Å². The number of hydrogen-bond donors (Lipinski definition) is 1. The van der Waals surface area contributed by atoms with Gasteiger partial charge in [0.15, 0.2) is 0 Å². The Kier molecular flexibility index (Phi) is 9.76. The molecule has 0 aliphatic carbocycles. The lowest BCUT2D eigenvalue weighted by atomic mass is 10.2. The summed E-state index contributed by atoms with van der Waals surface area (Å²) in [5.41, 5.74) is 0. The highest BCUT2D eigenvalue weighted by atomic mass is 16.5. The van der Waals surface area contributed by atoms with E-state index in [1.165, 1.54) is 19.3 Å². The van der Waals surface area contributed by atoms with E-state index >= 15 is 0 Å². The molecule has 0 aromatic rings. The van der Waals surface area contributed by atoms with E-state index in [2.05, 4.69) is 6.92 Å². The van der Waals surface area contributed by atoms with Gasteiger partial charge in [-0.3, -0.25) is 9.59 Å². The molecule has 4 nitrogen and oxygen atoms in total. The number of carbonyl (C=O) groups excluding carboxylic acids is 1. The first-order valence-electron chi connectivity index (χ1n) is 6.04. The van der Waals surface area contributed by atoms with Crippen molar-refractivity contribution in [3.8, 4) is 0 Å². The van der Waals surface area contributed by atoms with Gasteiger partial charge in [0.2, 0.25) is 0 Å². The number of rotatable bonds is 10. The van der Waals surface area contributed by atoms with Gasteiger partial charge in [-0.25, -0.2) is 0 Å². The lowest BCUT2D eigenvalue weighted by molar-refractivity contribution is -0.144. The van der Waals surface area contributed by atoms with Crippen LogP contribution in [-0.4, -0.2) is 23.7 Å². The first-order chi connectivity index (χ1) is 7.66. The van der Waals surface area contributed by atoms with E-state index in [1.807, 2.05) is 0 Å². The molecule has 0 fully saturated rings. The van der Waals surface area contributed by atoms with Gasteiger partial charge >= 0.3 is 11.9 Å². The maximum Gasteiger partial charge on any atom is 0.305 e. The molecule has 1 N–H and O–H groups in total. The minimum absolute atomic E-state index is 0.0333. The van der Waals surface area contributed by atoms with Crippen molar-refractivity contribution < 1.29 is 19.4 Å². The van der Waals surface area contributed by atoms with E-state index in [4.69, 9.17) is 9.84 Å². The summed E-state index contributed by atoms with van der Waals surface area (Å²) in [4.78, 5) is 21.3. The molecule has 0 spiro atoms. The van der Waals surface area contributed by atoms with E-state index < -0.39 is 5.97 Å². The van der Waals surface area contributed by atoms with E-state index in [0.717, 1.165) is 12.8 Å². The monoisotopic (exact) mass is 230 g/mol. The first kappa shape index (κ1) is 14.9. The SMILES string of the molecule is CCCCCCCOC(=O)CCCC(=O)O. The van der Waals surface area contributed by atoms with Gasteiger partial charge < -0.3 is 9.84 Å². The van der Waals surface area contributed by atoms with Gasteiger partial charge in [0.05, 0.1) is 6.61 Å². The van der Waals surface area contributed by atoms with Crippen LogP contribution >= 0.6 is 0 Å². The van der Waals surface area contributed by atoms with Crippen molar-refractivity contribution in [2.75, 3.05) is 6.61 Å². The molecule has 0 amide bonds. The molecule has 0 rings (SSSR count). The molecule has 0 aliphatic heterocycles. The van der Waals surface area contributed by atoms with Crippen molar-refractivity contribution >= 4 is 11.9 Å². The molecular formula is C12H22O4. The molecule has 0 aromatic carbocycles. The summed E-state index contributed by atoms with van der Waals surface area (Å²) in [6.45, 7) is 2.62. The third-order valence-corrected chi connectivity index (χ3v) is 2.28. The highest BCUT2D eigenvalue weighted by Gasteiger charge is 2.04. The topological polar surface area (TPSA) is 63.6 Å². The van der Waals surface area contributed by atoms with Gasteiger partial charge in [-0.15, -0.1) is 0 Å². The fourth-order valence-corrected chi connectivity index (χ4v) is 1.35. The van der Waals surface area contributed by atoms with Crippen LogP contribution in [0.4, 0.5) is 0 Å². The summed E-state index contributed by atoms with van der Waals surface area (Å²) in [7, 11) is 0. The van der Waals surface area contributed by atoms with Gasteiger partial charge in [0.25, 0.3) is 0 Å². The maximum atomic E-state index is 11.1. The van der Waals surface area contributed by atoms with Crippen molar-refractivity contribution in [2.45, 2.75) is 58.3 Å². The van der Waals surface area contributed by atoms with Crippen molar-refractivity contribution in [1.82, 2.24) is 0 Å². The predicted molar refractivity (Wildman–Crippen MR) is 61.2 cm³/mol. The Hall–Kier alpha value is -1.06. The summed E-state index contributed by atoms with van der Waals surface area (Å²) in [6.07, 6.45) is 6.23. The molecule has 0 heterocycles. The molecule has 0 bridgehead atoms. The molecule has 0 aromatic heterocycles. The lowest BCUT2D eigenvalue weighted by Gasteiger charge is -2.03. The Morgan fingerprint density at radius 3 is 2.31 bits per heavy atom. The Morgan fingerprint density at radius 1 is 1.00 bits per heavy atom. The van der Waals surface area contributed by atoms with E-state index in [-0.39, 0.29) is 18.8 Å². The third-order valence-electron chi connectivity index (χ3n) is 2.28. The summed E-state index contributed by atoms with van der Waals surface area (Å²) >= 11 is 0. The fourth-order valence-electron chi connectivity index (χ4n) is 1.35. The number of carboxylic acid groups (broad SMARTS) is 1. The smallest absolute Gasteiger partial charge is 0.305 e. The molecule has 0 unspecified atom stereocenters. The molecule has 0 saturated heterocycles. The number of carbonyl (C=O) groups is 2. The highest BCUT2D eigenvalue weighted by molar-refractivity contribution is 5.71. The van der Waals surface area contributed by atoms with Crippen LogP contribution in [0.1, 0.15) is 58.3 Å². The minimum Gasteiger partial charge on any atom is -0.481 e. The number of unbranched alkanes of at least 4 members (excludes halogenated alkanes) is 4. The van der Waals surface area contributed by atoms with Crippen LogP contribution in [0.15, 0.2) is 0 Å². The number of ether oxygens (including phenoxy) is 1. The lowest BCUT2D eigenvalue weighted by Crippen LogP contribution is -2.06. The molecule has 0 radical (unpaired) electrons. The van der Waals surface area contributed by atoms with E-state index in [0.29, 0.717) is 13.0 Å². The average Bonchev–Trinajstić information content (AvgIpc) is 2.22. The number of aliphatic carboxylic acids is 1. The quantitative estimate of drug-likeness (QED) is 0.463. The van der Waals surface area contributed by atoms with Gasteiger partial charge in [0.1, 0.15) is 0 Å². The Bertz CT molecular complexity index is 201. The van der Waals surface area contributed by atoms with Crippen LogP contribution in [-0.2, 0) is 14.3 Å². The number of carboxylic acids is 1. The number of esters is 1. The van der Waals surface area contributed by atoms with Crippen LogP contribution < -0.4 is 0 Å². The highest BCUT2D eigenvalue weighted by Crippen LogP contribution is 2.03. The molecular weight excluding hydrogens is 208 g/mol. The zero-order valence-electron chi connectivity index (χ0n) is 10.0. The maximum absolute atomic E-state index is 11.1. The molecule has 0 saturated carbocycles. The summed E-state index contributed by atoms with van der Waals surface area (Å²) in [5.74, 6) is -1.15. The summed E-state index contributed by atoms with van der Waals surface area (Å²) < 4.78 is 4.97. The first-order valence-corrected chi connectivity index (χ1v) is 6.04. The predicted octanol–water partition coefficient (Wildman–Crippen LogP) is 2.75. The van der Waals surface area contributed by atoms with Crippen molar-refractivity contribution in [2.24, 2.45) is 0 Å². The number of hydrogen-bond acceptors (Lipinski definition) is 3. The van der Waals surface area contributed by atoms with E-state index in [1.54, 1.807) is 0 Å². The molecule has 4 heteroatoms.